The summed E-state index contributed by atoms with van der Waals surface area (Å²) in [5.74, 6) is 0. The molecule has 2 unspecified atom stereocenters. The summed E-state index contributed by atoms with van der Waals surface area (Å²) in [6.45, 7) is 19.1. The van der Waals surface area contributed by atoms with Gasteiger partial charge in [0.2, 0.25) is 0 Å². The first kappa shape index (κ1) is 27.1. The van der Waals surface area contributed by atoms with Gasteiger partial charge in [0.15, 0.2) is 0 Å². The normalized spacial score (nSPS) is 14.7. The fourth-order valence-corrected chi connectivity index (χ4v) is 11.2. The molecule has 0 aliphatic heterocycles. The molecule has 4 N–H and O–H groups in total. The quantitative estimate of drug-likeness (QED) is 0.295. The fourth-order valence-electron chi connectivity index (χ4n) is 4.75. The maximum Gasteiger partial charge on any atom is 0.342 e. The van der Waals surface area contributed by atoms with Gasteiger partial charge in [0.1, 0.15) is 0 Å². The van der Waals surface area contributed by atoms with E-state index >= 15 is 0 Å². The van der Waals surface area contributed by atoms with Crippen LogP contribution in [-0.4, -0.2) is 43.5 Å². The van der Waals surface area contributed by atoms with Crippen LogP contribution in [0.2, 0.25) is 13.1 Å². The highest BCUT2D eigenvalue weighted by Crippen LogP contribution is 2.45. The van der Waals surface area contributed by atoms with Crippen molar-refractivity contribution in [1.29, 1.82) is 0 Å². The van der Waals surface area contributed by atoms with Gasteiger partial charge in [-0.25, -0.2) is 0 Å². The second-order valence-corrected chi connectivity index (χ2v) is 14.4. The Morgan fingerprint density at radius 2 is 0.900 bits per heavy atom. The van der Waals surface area contributed by atoms with Crippen LogP contribution in [0.3, 0.4) is 0 Å². The average molecular weight is 457 g/mol. The lowest BCUT2D eigenvalue weighted by molar-refractivity contribution is 0.175. The molecule has 0 aliphatic carbocycles. The summed E-state index contributed by atoms with van der Waals surface area (Å²) in [6, 6.07) is 3.83. The van der Waals surface area contributed by atoms with Crippen LogP contribution in [0, 0.1) is 0 Å². The number of nitrogens with two attached hydrogens (primary N) is 2. The lowest BCUT2D eigenvalue weighted by Gasteiger charge is -2.39. The van der Waals surface area contributed by atoms with E-state index in [0.717, 1.165) is 35.3 Å². The van der Waals surface area contributed by atoms with Crippen LogP contribution >= 0.6 is 0 Å². The van der Waals surface area contributed by atoms with Gasteiger partial charge in [-0.2, -0.15) is 0 Å². The lowest BCUT2D eigenvalue weighted by Crippen LogP contribution is -2.48. The van der Waals surface area contributed by atoms with E-state index < -0.39 is 17.1 Å². The maximum absolute atomic E-state index is 6.63. The topological polar surface area (TPSA) is 89.0 Å². The SMILES string of the molecule is CCO[Si](C)(OCC)C(CC)c1c(N)ccc(N)c1C(CC)[Si](C)(OCC)OCC. The summed E-state index contributed by atoms with van der Waals surface area (Å²) >= 11 is 0. The molecule has 1 rings (SSSR count). The van der Waals surface area contributed by atoms with Crippen molar-refractivity contribution in [3.63, 3.8) is 0 Å². The largest absolute Gasteiger partial charge is 0.398 e. The molecule has 0 bridgehead atoms. The molecule has 0 heterocycles. The fraction of sp³-hybridized carbons (Fsp3) is 0.727. The molecule has 0 radical (unpaired) electrons. The molecule has 6 nitrogen and oxygen atoms in total. The lowest BCUT2D eigenvalue weighted by atomic mass is 9.95. The molecule has 0 saturated carbocycles. The van der Waals surface area contributed by atoms with Crippen molar-refractivity contribution in [3.05, 3.63) is 23.3 Å². The number of anilines is 2. The van der Waals surface area contributed by atoms with Crippen LogP contribution in [0.4, 0.5) is 11.4 Å². The molecule has 0 spiro atoms. The van der Waals surface area contributed by atoms with Gasteiger partial charge >= 0.3 is 17.1 Å². The third-order valence-corrected chi connectivity index (χ3v) is 13.2. The molecule has 174 valence electrons. The van der Waals surface area contributed by atoms with Crippen LogP contribution in [0.15, 0.2) is 12.1 Å². The predicted molar refractivity (Wildman–Crippen MR) is 131 cm³/mol. The highest BCUT2D eigenvalue weighted by atomic mass is 28.4. The van der Waals surface area contributed by atoms with Crippen molar-refractivity contribution in [1.82, 2.24) is 0 Å². The maximum atomic E-state index is 6.63. The van der Waals surface area contributed by atoms with Gasteiger partial charge in [-0.05, 0) is 76.9 Å². The van der Waals surface area contributed by atoms with Crippen LogP contribution in [-0.2, 0) is 17.7 Å². The Morgan fingerprint density at radius 3 is 1.10 bits per heavy atom. The van der Waals surface area contributed by atoms with E-state index in [2.05, 4.69) is 26.9 Å². The number of nitrogen functional groups attached to an aromatic ring is 2. The third-order valence-electron chi connectivity index (χ3n) is 5.86. The Kier molecular flexibility index (Phi) is 11.0. The molecule has 8 heteroatoms. The van der Waals surface area contributed by atoms with Gasteiger partial charge in [0, 0.05) is 48.9 Å². The minimum atomic E-state index is -2.56. The number of hydrogen-bond donors (Lipinski definition) is 2. The molecule has 0 amide bonds. The summed E-state index contributed by atoms with van der Waals surface area (Å²) in [5, 5.41) is 0. The van der Waals surface area contributed by atoms with Crippen LogP contribution in [0.5, 0.6) is 0 Å². The van der Waals surface area contributed by atoms with Gasteiger partial charge in [0.05, 0.1) is 0 Å². The molecule has 1 aromatic carbocycles. The zero-order valence-corrected chi connectivity index (χ0v) is 22.3. The van der Waals surface area contributed by atoms with E-state index in [1.807, 2.05) is 39.8 Å². The summed E-state index contributed by atoms with van der Waals surface area (Å²) in [4.78, 5) is 0. The molecular formula is C22H44N2O4Si2. The van der Waals surface area contributed by atoms with Gasteiger partial charge in [-0.3, -0.25) is 0 Å². The Bertz CT molecular complexity index is 593. The van der Waals surface area contributed by atoms with E-state index in [9.17, 15) is 0 Å². The first-order chi connectivity index (χ1) is 14.2. The van der Waals surface area contributed by atoms with E-state index in [1.165, 1.54) is 0 Å². The van der Waals surface area contributed by atoms with Crippen molar-refractivity contribution in [2.24, 2.45) is 0 Å². The Labute approximate surface area is 186 Å². The summed E-state index contributed by atoms with van der Waals surface area (Å²) in [5.41, 5.74) is 17.0. The van der Waals surface area contributed by atoms with Crippen LogP contribution in [0.25, 0.3) is 0 Å². The smallest absolute Gasteiger partial charge is 0.342 e. The van der Waals surface area contributed by atoms with Gasteiger partial charge in [-0.1, -0.05) is 13.8 Å². The molecule has 1 aromatic rings. The standard InChI is InChI=1S/C22H44N2O4Si2/c1-9-19(29(7,25-11-3)26-12-4)21-17(23)15-16-18(24)22(21)20(10-2)30(8,27-13-5)28-14-6/h15-16,19-20H,9-14,23-24H2,1-8H3. The van der Waals surface area contributed by atoms with Crippen molar-refractivity contribution < 1.29 is 17.7 Å². The summed E-state index contributed by atoms with van der Waals surface area (Å²) in [6.07, 6.45) is 1.72. The molecule has 0 fully saturated rings. The van der Waals surface area contributed by atoms with Gasteiger partial charge in [-0.15, -0.1) is 0 Å². The monoisotopic (exact) mass is 456 g/mol. The van der Waals surface area contributed by atoms with E-state index in [4.69, 9.17) is 29.2 Å². The van der Waals surface area contributed by atoms with E-state index in [-0.39, 0.29) is 11.1 Å². The number of benzene rings is 1. The second kappa shape index (κ2) is 12.2. The zero-order chi connectivity index (χ0) is 22.9. The van der Waals surface area contributed by atoms with E-state index in [1.54, 1.807) is 0 Å². The first-order valence-electron chi connectivity index (χ1n) is 11.4. The molecule has 0 aliphatic rings. The van der Waals surface area contributed by atoms with Crippen molar-refractivity contribution in [2.75, 3.05) is 37.9 Å². The predicted octanol–water partition coefficient (Wildman–Crippen LogP) is 5.21. The molecule has 2 atom stereocenters. The Morgan fingerprint density at radius 1 is 0.633 bits per heavy atom. The second-order valence-electron chi connectivity index (χ2n) is 7.76. The minimum absolute atomic E-state index is 0.0615. The van der Waals surface area contributed by atoms with Gasteiger partial charge in [0.25, 0.3) is 0 Å². The number of rotatable bonds is 14. The Balaban J connectivity index is 3.78. The minimum Gasteiger partial charge on any atom is -0.398 e. The highest BCUT2D eigenvalue weighted by molar-refractivity contribution is 6.69. The first-order valence-corrected chi connectivity index (χ1v) is 16.2. The zero-order valence-electron chi connectivity index (χ0n) is 20.3. The third kappa shape index (κ3) is 5.86. The summed E-state index contributed by atoms with van der Waals surface area (Å²) < 4.78 is 25.2. The van der Waals surface area contributed by atoms with E-state index in [0.29, 0.717) is 26.4 Å². The molecule has 30 heavy (non-hydrogen) atoms. The molecule has 0 aromatic heterocycles. The Hall–Kier alpha value is -0.906. The highest BCUT2D eigenvalue weighted by Gasteiger charge is 2.47. The molecular weight excluding hydrogens is 412 g/mol. The number of hydrogen-bond acceptors (Lipinski definition) is 6. The van der Waals surface area contributed by atoms with Crippen molar-refractivity contribution in [3.8, 4) is 0 Å². The van der Waals surface area contributed by atoms with Crippen molar-refractivity contribution in [2.45, 2.75) is 78.6 Å². The summed E-state index contributed by atoms with van der Waals surface area (Å²) in [7, 11) is -5.12. The van der Waals surface area contributed by atoms with Crippen LogP contribution < -0.4 is 11.5 Å². The van der Waals surface area contributed by atoms with Crippen LogP contribution in [0.1, 0.15) is 76.6 Å². The van der Waals surface area contributed by atoms with Gasteiger partial charge < -0.3 is 29.2 Å². The molecule has 0 saturated heterocycles. The van der Waals surface area contributed by atoms with Crippen molar-refractivity contribution >= 4 is 28.5 Å². The average Bonchev–Trinajstić information content (AvgIpc) is 2.68.